The Balaban J connectivity index is 0.850. The highest BCUT2D eigenvalue weighted by Gasteiger charge is 2.68. The van der Waals surface area contributed by atoms with Crippen molar-refractivity contribution in [1.82, 2.24) is 0 Å². The van der Waals surface area contributed by atoms with Crippen molar-refractivity contribution in [1.29, 1.82) is 0 Å². The van der Waals surface area contributed by atoms with E-state index >= 15 is 0 Å². The Labute approximate surface area is 436 Å². The summed E-state index contributed by atoms with van der Waals surface area (Å²) >= 11 is 0. The summed E-state index contributed by atoms with van der Waals surface area (Å²) in [5.41, 5.74) is 1.80. The summed E-state index contributed by atoms with van der Waals surface area (Å²) in [5, 5.41) is 136. The van der Waals surface area contributed by atoms with Crippen LogP contribution in [-0.2, 0) is 47.4 Å². The van der Waals surface area contributed by atoms with Crippen molar-refractivity contribution in [2.24, 2.45) is 40.4 Å². The Morgan fingerprint density at radius 2 is 1.27 bits per heavy atom. The van der Waals surface area contributed by atoms with Gasteiger partial charge in [-0.2, -0.15) is 0 Å². The maximum atomic E-state index is 11.7. The second kappa shape index (κ2) is 22.8. The van der Waals surface area contributed by atoms with Gasteiger partial charge in [0.1, 0.15) is 91.6 Å². The molecule has 430 valence electrons. The van der Waals surface area contributed by atoms with E-state index in [1.54, 1.807) is 7.11 Å². The lowest BCUT2D eigenvalue weighted by Crippen LogP contribution is -2.65. The minimum Gasteiger partial charge on any atom is -0.394 e. The third kappa shape index (κ3) is 10.5. The monoisotopic (exact) mass is 1080 g/mol. The van der Waals surface area contributed by atoms with Crippen molar-refractivity contribution < 1.29 is 114 Å². The van der Waals surface area contributed by atoms with Crippen LogP contribution < -0.4 is 0 Å². The molecule has 0 aromatic heterocycles. The molecule has 23 nitrogen and oxygen atoms in total. The lowest BCUT2D eigenvalue weighted by atomic mass is 9.47. The molecule has 13 N–H and O–H groups in total. The first-order chi connectivity index (χ1) is 35.5. The Hall–Kier alpha value is -1.44. The molecule has 0 aromatic rings. The maximum Gasteiger partial charge on any atom is 0.187 e. The Morgan fingerprint density at radius 3 is 1.91 bits per heavy atom. The maximum absolute atomic E-state index is 11.7. The molecule has 5 saturated heterocycles. The zero-order valence-electron chi connectivity index (χ0n) is 43.5. The molecule has 0 radical (unpaired) electrons. The van der Waals surface area contributed by atoms with Gasteiger partial charge in [0.15, 0.2) is 30.9 Å². The predicted octanol–water partition coefficient (Wildman–Crippen LogP) is -2.43. The minimum absolute atomic E-state index is 0.00972. The number of hydrogen-bond donors (Lipinski definition) is 13. The lowest BCUT2D eigenvalue weighted by molar-refractivity contribution is -0.375. The molecule has 0 bridgehead atoms. The molecule has 3 saturated carbocycles. The number of allylic oxidation sites excluding steroid dienone is 1. The standard InChI is InChI=1S/C52H84O23/c1-21(19-67-46-42(63)39(60)35(56)30(17-53)71-46)9-14-52(66-6)22(2)33-29(75-52)16-28-26-8-7-24-15-25(10-12-50(24,4)27(26)11-13-51(28,33)5)70-49-45(74-48-44(65)38(59)34(55)23(3)69-48)41(62)37(58)32(73-49)20-68-47-43(64)40(61)36(57)31(18-54)72-47/h7,22-23,25-49,53-65H,1,8-20H2,2-6H3. The van der Waals surface area contributed by atoms with Gasteiger partial charge in [0.05, 0.1) is 44.7 Å². The molecule has 0 spiro atoms. The molecule has 75 heavy (non-hydrogen) atoms. The average Bonchev–Trinajstić information content (AvgIpc) is 3.86. The van der Waals surface area contributed by atoms with Gasteiger partial charge >= 0.3 is 0 Å². The van der Waals surface area contributed by atoms with Crippen molar-refractivity contribution in [2.45, 2.75) is 226 Å². The van der Waals surface area contributed by atoms with E-state index in [2.05, 4.69) is 33.4 Å². The minimum atomic E-state index is -1.75. The van der Waals surface area contributed by atoms with Crippen LogP contribution in [0.1, 0.15) is 85.5 Å². The Morgan fingerprint density at radius 1 is 0.667 bits per heavy atom. The molecule has 9 rings (SSSR count). The average molecular weight is 1080 g/mol. The summed E-state index contributed by atoms with van der Waals surface area (Å²) in [6, 6.07) is 0. The molecular formula is C52H84O23. The van der Waals surface area contributed by atoms with Gasteiger partial charge in [-0.05, 0) is 92.8 Å². The smallest absolute Gasteiger partial charge is 0.187 e. The van der Waals surface area contributed by atoms with Crippen LogP contribution >= 0.6 is 0 Å². The molecule has 30 atom stereocenters. The van der Waals surface area contributed by atoms with Gasteiger partial charge in [-0.3, -0.25) is 0 Å². The number of ether oxygens (including phenoxy) is 10. The number of hydrogen-bond acceptors (Lipinski definition) is 23. The highest BCUT2D eigenvalue weighted by Crippen LogP contribution is 2.70. The molecule has 4 aliphatic carbocycles. The second-order valence-corrected chi connectivity index (χ2v) is 23.6. The summed E-state index contributed by atoms with van der Waals surface area (Å²) in [6.45, 7) is 10.9. The predicted molar refractivity (Wildman–Crippen MR) is 255 cm³/mol. The zero-order chi connectivity index (χ0) is 54.2. The van der Waals surface area contributed by atoms with E-state index in [-0.39, 0.29) is 35.4 Å². The molecule has 0 amide bonds. The lowest BCUT2D eigenvalue weighted by Gasteiger charge is -2.58. The largest absolute Gasteiger partial charge is 0.394 e. The van der Waals surface area contributed by atoms with Gasteiger partial charge in [-0.25, -0.2) is 0 Å². The van der Waals surface area contributed by atoms with E-state index in [0.29, 0.717) is 49.0 Å². The third-order valence-corrected chi connectivity index (χ3v) is 19.5. The van der Waals surface area contributed by atoms with E-state index in [1.807, 2.05) is 0 Å². The van der Waals surface area contributed by atoms with Crippen molar-refractivity contribution >= 4 is 0 Å². The summed E-state index contributed by atoms with van der Waals surface area (Å²) in [5.74, 6) is 0.633. The third-order valence-electron chi connectivity index (χ3n) is 19.5. The van der Waals surface area contributed by atoms with Gasteiger partial charge in [0.2, 0.25) is 0 Å². The molecule has 5 aliphatic heterocycles. The molecular weight excluding hydrogens is 993 g/mol. The highest BCUT2D eigenvalue weighted by molar-refractivity contribution is 5.26. The summed E-state index contributed by atoms with van der Waals surface area (Å²) in [6.07, 6.45) is -21.2. The molecule has 8 fully saturated rings. The molecule has 23 heteroatoms. The van der Waals surface area contributed by atoms with Gasteiger partial charge in [-0.15, -0.1) is 0 Å². The quantitative estimate of drug-likeness (QED) is 0.0715. The number of aliphatic hydroxyl groups is 13. The van der Waals surface area contributed by atoms with Crippen LogP contribution in [0.25, 0.3) is 0 Å². The molecule has 0 aromatic carbocycles. The topological polar surface area (TPSA) is 355 Å². The van der Waals surface area contributed by atoms with Crippen LogP contribution in [0.15, 0.2) is 23.8 Å². The number of aliphatic hydroxyl groups excluding tert-OH is 13. The number of fused-ring (bicyclic) bond motifs is 7. The fourth-order valence-corrected chi connectivity index (χ4v) is 15.0. The van der Waals surface area contributed by atoms with Crippen LogP contribution in [0.2, 0.25) is 0 Å². The first-order valence-corrected chi connectivity index (χ1v) is 27.0. The van der Waals surface area contributed by atoms with Gasteiger partial charge < -0.3 is 114 Å². The van der Waals surface area contributed by atoms with Crippen molar-refractivity contribution in [3.8, 4) is 0 Å². The Bertz CT molecular complexity index is 1980. The van der Waals surface area contributed by atoms with E-state index in [4.69, 9.17) is 47.4 Å². The Kier molecular flexibility index (Phi) is 17.7. The zero-order valence-corrected chi connectivity index (χ0v) is 43.5. The SMILES string of the molecule is C=C(CCC1(OC)OC2CC3C4CC=C5CC(OC6OC(COC7OC(CO)C(O)C(O)C7O)C(O)C(O)C6OC6OC(C)C(O)C(O)C6O)CCC5(C)C4CCC3(C)C2C1C)COC1OC(CO)C(O)C(O)C1O. The first kappa shape index (κ1) is 58.2. The van der Waals surface area contributed by atoms with E-state index in [1.165, 1.54) is 12.5 Å². The number of rotatable bonds is 16. The van der Waals surface area contributed by atoms with Crippen LogP contribution in [0, 0.1) is 40.4 Å². The van der Waals surface area contributed by atoms with E-state index < -0.39 is 155 Å². The molecule has 30 unspecified atom stereocenters. The van der Waals surface area contributed by atoms with Crippen molar-refractivity contribution in [3.63, 3.8) is 0 Å². The normalized spacial score (nSPS) is 53.8. The summed E-state index contributed by atoms with van der Waals surface area (Å²) in [7, 11) is 1.68. The van der Waals surface area contributed by atoms with Crippen LogP contribution in [0.3, 0.4) is 0 Å². The van der Waals surface area contributed by atoms with Crippen LogP contribution in [0.5, 0.6) is 0 Å². The summed E-state index contributed by atoms with van der Waals surface area (Å²) in [4.78, 5) is 0. The van der Waals surface area contributed by atoms with Gasteiger partial charge in [0.25, 0.3) is 0 Å². The summed E-state index contributed by atoms with van der Waals surface area (Å²) < 4.78 is 60.6. The fraction of sp³-hybridized carbons (Fsp3) is 0.923. The van der Waals surface area contributed by atoms with Crippen LogP contribution in [-0.4, -0.2) is 241 Å². The fourth-order valence-electron chi connectivity index (χ4n) is 15.0. The highest BCUT2D eigenvalue weighted by atomic mass is 16.8. The van der Waals surface area contributed by atoms with E-state index in [9.17, 15) is 66.4 Å². The van der Waals surface area contributed by atoms with Gasteiger partial charge in [-0.1, -0.05) is 44.6 Å². The van der Waals surface area contributed by atoms with Gasteiger partial charge in [0, 0.05) is 19.4 Å². The number of methoxy groups -OCH3 is 1. The second-order valence-electron chi connectivity index (χ2n) is 23.6. The first-order valence-electron chi connectivity index (χ1n) is 27.0. The molecule has 5 heterocycles. The van der Waals surface area contributed by atoms with Crippen molar-refractivity contribution in [3.05, 3.63) is 23.8 Å². The van der Waals surface area contributed by atoms with Crippen LogP contribution in [0.4, 0.5) is 0 Å². The molecule has 9 aliphatic rings. The van der Waals surface area contributed by atoms with E-state index in [0.717, 1.165) is 32.1 Å². The van der Waals surface area contributed by atoms with Crippen molar-refractivity contribution in [2.75, 3.05) is 33.5 Å².